The van der Waals surface area contributed by atoms with Crippen LogP contribution in [0.1, 0.15) is 80.0 Å². The number of nitrogens with one attached hydrogen (secondary N) is 1. The molecule has 0 bridgehead atoms. The van der Waals surface area contributed by atoms with Gasteiger partial charge in [0.05, 0.1) is 17.6 Å². The molecule has 29 heavy (non-hydrogen) atoms. The molecule has 1 amide bonds. The largest absolute Gasteiger partial charge is 0.465 e. The molecule has 1 N–H and O–H groups in total. The summed E-state index contributed by atoms with van der Waals surface area (Å²) >= 11 is 6.98. The molecule has 0 aliphatic carbocycles. The third kappa shape index (κ3) is 5.69. The van der Waals surface area contributed by atoms with Crippen LogP contribution in [0.4, 0.5) is 5.00 Å². The van der Waals surface area contributed by atoms with Gasteiger partial charge in [-0.1, -0.05) is 13.8 Å². The van der Waals surface area contributed by atoms with Crippen LogP contribution in [-0.4, -0.2) is 59.1 Å². The highest BCUT2D eigenvalue weighted by molar-refractivity contribution is 7.80. The standard InChI is InChI=1S/C21H35N3O3S2/c1-9-13(5)24(14(6)10-2)21(28)22-18-16(20(26)27-8)15(7)17(29-18)19(25)23(11-3)12-4/h13-14H,9-12H2,1-8H3,(H,22,28). The number of anilines is 1. The van der Waals surface area contributed by atoms with E-state index in [0.29, 0.717) is 39.2 Å². The van der Waals surface area contributed by atoms with E-state index in [1.807, 2.05) is 13.8 Å². The van der Waals surface area contributed by atoms with Gasteiger partial charge in [-0.15, -0.1) is 11.3 Å². The molecule has 0 saturated carbocycles. The summed E-state index contributed by atoms with van der Waals surface area (Å²) in [4.78, 5) is 29.9. The fourth-order valence-electron chi connectivity index (χ4n) is 3.20. The minimum Gasteiger partial charge on any atom is -0.465 e. The average Bonchev–Trinajstić information content (AvgIpc) is 3.03. The number of ether oxygens (including phenoxy) is 1. The minimum atomic E-state index is -0.471. The third-order valence-corrected chi connectivity index (χ3v) is 6.88. The molecule has 8 heteroatoms. The van der Waals surface area contributed by atoms with Gasteiger partial charge in [0.25, 0.3) is 5.91 Å². The zero-order chi connectivity index (χ0) is 22.3. The van der Waals surface area contributed by atoms with Crippen LogP contribution >= 0.6 is 23.6 Å². The highest BCUT2D eigenvalue weighted by Crippen LogP contribution is 2.35. The van der Waals surface area contributed by atoms with Crippen molar-refractivity contribution >= 4 is 45.5 Å². The molecule has 164 valence electrons. The van der Waals surface area contributed by atoms with E-state index < -0.39 is 5.97 Å². The lowest BCUT2D eigenvalue weighted by molar-refractivity contribution is 0.0601. The number of hydrogen-bond acceptors (Lipinski definition) is 5. The van der Waals surface area contributed by atoms with Crippen molar-refractivity contribution in [3.63, 3.8) is 0 Å². The number of methoxy groups -OCH3 is 1. The van der Waals surface area contributed by atoms with E-state index in [1.165, 1.54) is 18.4 Å². The summed E-state index contributed by atoms with van der Waals surface area (Å²) < 4.78 is 4.99. The van der Waals surface area contributed by atoms with Crippen LogP contribution in [-0.2, 0) is 4.74 Å². The van der Waals surface area contributed by atoms with Crippen molar-refractivity contribution in [1.29, 1.82) is 0 Å². The van der Waals surface area contributed by atoms with Gasteiger partial charge in [-0.3, -0.25) is 4.79 Å². The minimum absolute atomic E-state index is 0.0812. The zero-order valence-corrected chi connectivity index (χ0v) is 20.6. The first-order valence-electron chi connectivity index (χ1n) is 10.3. The van der Waals surface area contributed by atoms with Gasteiger partial charge in [0.2, 0.25) is 0 Å². The van der Waals surface area contributed by atoms with Crippen molar-refractivity contribution in [2.24, 2.45) is 0 Å². The Balaban J connectivity index is 3.39. The van der Waals surface area contributed by atoms with E-state index in [2.05, 4.69) is 37.9 Å². The normalized spacial score (nSPS) is 12.8. The summed E-state index contributed by atoms with van der Waals surface area (Å²) in [6.45, 7) is 15.4. The van der Waals surface area contributed by atoms with Crippen LogP contribution in [0.5, 0.6) is 0 Å². The van der Waals surface area contributed by atoms with E-state index >= 15 is 0 Å². The summed E-state index contributed by atoms with van der Waals surface area (Å²) in [6, 6.07) is 0.508. The van der Waals surface area contributed by atoms with Gasteiger partial charge in [-0.05, 0) is 65.2 Å². The highest BCUT2D eigenvalue weighted by atomic mass is 32.1. The number of amides is 1. The molecule has 6 nitrogen and oxygen atoms in total. The second kappa shape index (κ2) is 11.5. The molecule has 0 spiro atoms. The topological polar surface area (TPSA) is 61.9 Å². The molecular formula is C21H35N3O3S2. The van der Waals surface area contributed by atoms with Crippen LogP contribution in [0.2, 0.25) is 0 Å². The quantitative estimate of drug-likeness (QED) is 0.433. The van der Waals surface area contributed by atoms with Crippen molar-refractivity contribution in [2.45, 2.75) is 73.4 Å². The van der Waals surface area contributed by atoms with E-state index in [1.54, 1.807) is 11.8 Å². The Morgan fingerprint density at radius 2 is 1.62 bits per heavy atom. The molecule has 1 aromatic rings. The average molecular weight is 442 g/mol. The summed E-state index contributed by atoms with van der Waals surface area (Å²) in [5.74, 6) is -0.552. The smallest absolute Gasteiger partial charge is 0.341 e. The fraction of sp³-hybridized carbons (Fsp3) is 0.667. The molecule has 0 aromatic carbocycles. The van der Waals surface area contributed by atoms with Crippen LogP contribution in [0.15, 0.2) is 0 Å². The van der Waals surface area contributed by atoms with Crippen molar-refractivity contribution in [3.05, 3.63) is 16.0 Å². The maximum Gasteiger partial charge on any atom is 0.341 e. The molecule has 0 radical (unpaired) electrons. The van der Waals surface area contributed by atoms with Gasteiger partial charge in [0, 0.05) is 25.2 Å². The summed E-state index contributed by atoms with van der Waals surface area (Å²) in [5.41, 5.74) is 1.01. The van der Waals surface area contributed by atoms with E-state index in [9.17, 15) is 9.59 Å². The van der Waals surface area contributed by atoms with E-state index in [4.69, 9.17) is 17.0 Å². The van der Waals surface area contributed by atoms with Gasteiger partial charge >= 0.3 is 5.97 Å². The summed E-state index contributed by atoms with van der Waals surface area (Å²) in [6.07, 6.45) is 1.90. The first-order valence-corrected chi connectivity index (χ1v) is 11.5. The second-order valence-electron chi connectivity index (χ2n) is 7.08. The predicted octanol–water partition coefficient (Wildman–Crippen LogP) is 4.92. The molecule has 0 saturated heterocycles. The molecular weight excluding hydrogens is 406 g/mol. The second-order valence-corrected chi connectivity index (χ2v) is 8.49. The number of nitrogens with zero attached hydrogens (tertiary/aromatic N) is 2. The van der Waals surface area contributed by atoms with Crippen molar-refractivity contribution < 1.29 is 14.3 Å². The first kappa shape index (κ1) is 25.4. The fourth-order valence-corrected chi connectivity index (χ4v) is 4.89. The molecule has 0 aliphatic heterocycles. The number of carbonyl (C=O) groups excluding carboxylic acids is 2. The van der Waals surface area contributed by atoms with Crippen molar-refractivity contribution in [1.82, 2.24) is 9.80 Å². The lowest BCUT2D eigenvalue weighted by Crippen LogP contribution is -2.46. The maximum absolute atomic E-state index is 12.9. The molecule has 2 atom stereocenters. The SMILES string of the molecule is CCC(C)N(C(=S)Nc1sc(C(=O)N(CC)CC)c(C)c1C(=O)OC)C(C)CC. The van der Waals surface area contributed by atoms with E-state index in [0.717, 1.165) is 12.8 Å². The number of hydrogen-bond donors (Lipinski definition) is 1. The number of carbonyl (C=O) groups is 2. The van der Waals surface area contributed by atoms with Gasteiger partial charge in [0.15, 0.2) is 5.11 Å². The lowest BCUT2D eigenvalue weighted by Gasteiger charge is -2.36. The Bertz CT molecular complexity index is 719. The molecule has 0 fully saturated rings. The van der Waals surface area contributed by atoms with Crippen LogP contribution in [0.25, 0.3) is 0 Å². The van der Waals surface area contributed by atoms with Crippen LogP contribution in [0.3, 0.4) is 0 Å². The van der Waals surface area contributed by atoms with Crippen LogP contribution < -0.4 is 5.32 Å². The van der Waals surface area contributed by atoms with Crippen LogP contribution in [0, 0.1) is 6.92 Å². The van der Waals surface area contributed by atoms with Gasteiger partial charge in [-0.2, -0.15) is 0 Å². The van der Waals surface area contributed by atoms with E-state index in [-0.39, 0.29) is 18.0 Å². The maximum atomic E-state index is 12.9. The Morgan fingerprint density at radius 1 is 1.10 bits per heavy atom. The predicted molar refractivity (Wildman–Crippen MR) is 125 cm³/mol. The Morgan fingerprint density at radius 3 is 2.03 bits per heavy atom. The number of rotatable bonds is 9. The number of esters is 1. The Kier molecular flexibility index (Phi) is 10.1. The van der Waals surface area contributed by atoms with Gasteiger partial charge in [0.1, 0.15) is 5.00 Å². The summed E-state index contributed by atoms with van der Waals surface area (Å²) in [5, 5.41) is 4.37. The highest BCUT2D eigenvalue weighted by Gasteiger charge is 2.29. The Hall–Kier alpha value is -1.67. The lowest BCUT2D eigenvalue weighted by atomic mass is 10.1. The monoisotopic (exact) mass is 441 g/mol. The number of thiophene rings is 1. The Labute approximate surface area is 184 Å². The molecule has 1 heterocycles. The van der Waals surface area contributed by atoms with Crippen molar-refractivity contribution in [2.75, 3.05) is 25.5 Å². The van der Waals surface area contributed by atoms with Crippen molar-refractivity contribution in [3.8, 4) is 0 Å². The molecule has 1 rings (SSSR count). The zero-order valence-electron chi connectivity index (χ0n) is 18.9. The first-order chi connectivity index (χ1) is 13.7. The molecule has 1 aromatic heterocycles. The number of thiocarbonyl (C=S) groups is 1. The van der Waals surface area contributed by atoms with Gasteiger partial charge in [-0.25, -0.2) is 4.79 Å². The third-order valence-electron chi connectivity index (χ3n) is 5.37. The summed E-state index contributed by atoms with van der Waals surface area (Å²) in [7, 11) is 1.35. The molecule has 2 unspecified atom stereocenters. The van der Waals surface area contributed by atoms with Gasteiger partial charge < -0.3 is 19.9 Å². The molecule has 0 aliphatic rings.